The molecule has 0 unspecified atom stereocenters. The topological polar surface area (TPSA) is 72.1 Å². The number of nitrogens with two attached hydrogens (primary N) is 1. The number of para-hydroxylation sites is 1. The molecule has 1 heterocycles. The maximum absolute atomic E-state index is 6.00. The van der Waals surface area contributed by atoms with Crippen LogP contribution in [-0.2, 0) is 4.74 Å². The highest BCUT2D eigenvalue weighted by molar-refractivity contribution is 14.0. The Balaban J connectivity index is 0.00000280. The zero-order chi connectivity index (χ0) is 18.7. The van der Waals surface area contributed by atoms with Crippen molar-refractivity contribution in [3.63, 3.8) is 0 Å². The summed E-state index contributed by atoms with van der Waals surface area (Å²) in [6.45, 7) is 5.60. The summed E-state index contributed by atoms with van der Waals surface area (Å²) in [5, 5.41) is 3.13. The summed E-state index contributed by atoms with van der Waals surface area (Å²) in [6, 6.07) is 17.4. The fourth-order valence-electron chi connectivity index (χ4n) is 2.92. The predicted octanol–water partition coefficient (Wildman–Crippen LogP) is 3.94. The summed E-state index contributed by atoms with van der Waals surface area (Å²) in [5.41, 5.74) is 6.86. The molecule has 0 atom stereocenters. The smallest absolute Gasteiger partial charge is 0.193 e. The van der Waals surface area contributed by atoms with E-state index < -0.39 is 0 Å². The Hall–Kier alpha value is -1.84. The first-order valence-electron chi connectivity index (χ1n) is 9.49. The fraction of sp³-hybridized carbons (Fsp3) is 0.381. The number of hydrogen-bond acceptors (Lipinski definition) is 4. The molecule has 1 aliphatic rings. The zero-order valence-electron chi connectivity index (χ0n) is 16.0. The Morgan fingerprint density at radius 3 is 2.57 bits per heavy atom. The lowest BCUT2D eigenvalue weighted by molar-refractivity contribution is 0.0373. The first-order chi connectivity index (χ1) is 13.3. The van der Waals surface area contributed by atoms with E-state index in [1.807, 2.05) is 54.6 Å². The number of hydrogen-bond donors (Lipinski definition) is 2. The monoisotopic (exact) mass is 496 g/mol. The number of anilines is 1. The third-order valence-corrected chi connectivity index (χ3v) is 4.35. The third-order valence-electron chi connectivity index (χ3n) is 4.35. The van der Waals surface area contributed by atoms with E-state index in [0.29, 0.717) is 5.96 Å². The standard InChI is InChI=1S/C21H28N4O2.HI/c22-21(23-11-4-5-12-25-13-15-26-16-14-25)24-18-7-6-10-20(17-18)27-19-8-2-1-3-9-19;/h1-3,6-10,17H,4-5,11-16H2,(H3,22,23,24);1H. The molecule has 2 aromatic rings. The highest BCUT2D eigenvalue weighted by Gasteiger charge is 2.08. The van der Waals surface area contributed by atoms with Crippen molar-refractivity contribution in [1.29, 1.82) is 0 Å². The maximum atomic E-state index is 6.00. The largest absolute Gasteiger partial charge is 0.457 e. The van der Waals surface area contributed by atoms with E-state index in [1.54, 1.807) is 0 Å². The molecule has 0 bridgehead atoms. The molecule has 6 nitrogen and oxygen atoms in total. The maximum Gasteiger partial charge on any atom is 0.193 e. The van der Waals surface area contributed by atoms with Crippen molar-refractivity contribution < 1.29 is 9.47 Å². The SMILES string of the molecule is I.NC(=NCCCCN1CCOCC1)Nc1cccc(Oc2ccccc2)c1. The van der Waals surface area contributed by atoms with Gasteiger partial charge in [0.05, 0.1) is 13.2 Å². The molecule has 152 valence electrons. The Kier molecular flexibility index (Phi) is 10.1. The minimum atomic E-state index is 0. The van der Waals surface area contributed by atoms with Crippen LogP contribution in [0.2, 0.25) is 0 Å². The van der Waals surface area contributed by atoms with E-state index in [-0.39, 0.29) is 24.0 Å². The Labute approximate surface area is 184 Å². The first-order valence-corrected chi connectivity index (χ1v) is 9.49. The lowest BCUT2D eigenvalue weighted by atomic mass is 10.3. The molecule has 0 amide bonds. The van der Waals surface area contributed by atoms with Crippen LogP contribution < -0.4 is 15.8 Å². The van der Waals surface area contributed by atoms with Crippen LogP contribution in [0.4, 0.5) is 5.69 Å². The van der Waals surface area contributed by atoms with E-state index in [1.165, 1.54) is 0 Å². The summed E-state index contributed by atoms with van der Waals surface area (Å²) >= 11 is 0. The van der Waals surface area contributed by atoms with Crippen LogP contribution in [0.15, 0.2) is 59.6 Å². The molecule has 28 heavy (non-hydrogen) atoms. The Bertz CT molecular complexity index is 721. The van der Waals surface area contributed by atoms with Gasteiger partial charge in [-0.3, -0.25) is 9.89 Å². The van der Waals surface area contributed by atoms with Crippen LogP contribution in [0.1, 0.15) is 12.8 Å². The van der Waals surface area contributed by atoms with Gasteiger partial charge in [-0.2, -0.15) is 0 Å². The van der Waals surface area contributed by atoms with Gasteiger partial charge < -0.3 is 20.5 Å². The lowest BCUT2D eigenvalue weighted by Gasteiger charge is -2.26. The number of benzene rings is 2. The van der Waals surface area contributed by atoms with Crippen molar-refractivity contribution in [2.75, 3.05) is 44.7 Å². The number of aliphatic imine (C=N–C) groups is 1. The molecule has 0 saturated carbocycles. The fourth-order valence-corrected chi connectivity index (χ4v) is 2.92. The van der Waals surface area contributed by atoms with E-state index in [9.17, 15) is 0 Å². The number of rotatable bonds is 8. The predicted molar refractivity (Wildman–Crippen MR) is 125 cm³/mol. The number of guanidine groups is 1. The van der Waals surface area contributed by atoms with Crippen LogP contribution in [0.5, 0.6) is 11.5 Å². The minimum absolute atomic E-state index is 0. The number of halogens is 1. The Morgan fingerprint density at radius 1 is 1.04 bits per heavy atom. The zero-order valence-corrected chi connectivity index (χ0v) is 18.4. The van der Waals surface area contributed by atoms with Crippen molar-refractivity contribution >= 4 is 35.6 Å². The number of nitrogens with zero attached hydrogens (tertiary/aromatic N) is 2. The minimum Gasteiger partial charge on any atom is -0.457 e. The van der Waals surface area contributed by atoms with Crippen molar-refractivity contribution in [2.45, 2.75) is 12.8 Å². The Morgan fingerprint density at radius 2 is 1.79 bits per heavy atom. The van der Waals surface area contributed by atoms with Gasteiger partial charge in [0.1, 0.15) is 11.5 Å². The van der Waals surface area contributed by atoms with Crippen LogP contribution in [-0.4, -0.2) is 50.3 Å². The second-order valence-electron chi connectivity index (χ2n) is 6.50. The summed E-state index contributed by atoms with van der Waals surface area (Å²) in [6.07, 6.45) is 2.15. The average Bonchev–Trinajstić information content (AvgIpc) is 2.69. The molecule has 2 aromatic carbocycles. The second-order valence-corrected chi connectivity index (χ2v) is 6.50. The van der Waals surface area contributed by atoms with Crippen molar-refractivity contribution in [2.24, 2.45) is 10.7 Å². The molecule has 0 aliphatic carbocycles. The van der Waals surface area contributed by atoms with Crippen LogP contribution in [0.25, 0.3) is 0 Å². The molecule has 1 aliphatic heterocycles. The molecular weight excluding hydrogens is 467 g/mol. The van der Waals surface area contributed by atoms with Gasteiger partial charge in [0.15, 0.2) is 5.96 Å². The normalized spacial score (nSPS) is 14.9. The molecule has 3 N–H and O–H groups in total. The van der Waals surface area contributed by atoms with Gasteiger partial charge in [-0.25, -0.2) is 0 Å². The van der Waals surface area contributed by atoms with Gasteiger partial charge in [-0.05, 0) is 43.7 Å². The number of ether oxygens (including phenoxy) is 2. The highest BCUT2D eigenvalue weighted by atomic mass is 127. The van der Waals surface area contributed by atoms with Crippen LogP contribution in [0, 0.1) is 0 Å². The molecule has 0 aromatic heterocycles. The van der Waals surface area contributed by atoms with Gasteiger partial charge >= 0.3 is 0 Å². The van der Waals surface area contributed by atoms with E-state index in [4.69, 9.17) is 15.2 Å². The first kappa shape index (κ1) is 22.4. The molecule has 1 saturated heterocycles. The van der Waals surface area contributed by atoms with Crippen molar-refractivity contribution in [3.05, 3.63) is 54.6 Å². The van der Waals surface area contributed by atoms with Crippen molar-refractivity contribution in [3.8, 4) is 11.5 Å². The van der Waals surface area contributed by atoms with Gasteiger partial charge in [0.25, 0.3) is 0 Å². The van der Waals surface area contributed by atoms with E-state index in [0.717, 1.165) is 69.4 Å². The highest BCUT2D eigenvalue weighted by Crippen LogP contribution is 2.23. The van der Waals surface area contributed by atoms with Gasteiger partial charge in [0, 0.05) is 31.4 Å². The molecule has 7 heteroatoms. The molecule has 0 radical (unpaired) electrons. The number of nitrogens with one attached hydrogen (secondary N) is 1. The number of morpholine rings is 1. The molecule has 1 fully saturated rings. The van der Waals surface area contributed by atoms with Crippen molar-refractivity contribution in [1.82, 2.24) is 4.90 Å². The van der Waals surface area contributed by atoms with Gasteiger partial charge in [-0.1, -0.05) is 24.3 Å². The van der Waals surface area contributed by atoms with E-state index >= 15 is 0 Å². The summed E-state index contributed by atoms with van der Waals surface area (Å²) < 4.78 is 11.2. The molecule has 3 rings (SSSR count). The van der Waals surface area contributed by atoms with E-state index in [2.05, 4.69) is 15.2 Å². The van der Waals surface area contributed by atoms with Gasteiger partial charge in [-0.15, -0.1) is 24.0 Å². The van der Waals surface area contributed by atoms with Crippen LogP contribution in [0.3, 0.4) is 0 Å². The lowest BCUT2D eigenvalue weighted by Crippen LogP contribution is -2.36. The molecule has 0 spiro atoms. The van der Waals surface area contributed by atoms with Gasteiger partial charge in [0.2, 0.25) is 0 Å². The number of unbranched alkanes of at least 4 members (excludes halogenated alkanes) is 1. The van der Waals surface area contributed by atoms with Crippen LogP contribution >= 0.6 is 24.0 Å². The quantitative estimate of drug-likeness (QED) is 0.251. The summed E-state index contributed by atoms with van der Waals surface area (Å²) in [7, 11) is 0. The summed E-state index contributed by atoms with van der Waals surface area (Å²) in [5.74, 6) is 1.99. The molecular formula is C21H29IN4O2. The third kappa shape index (κ3) is 8.04. The second kappa shape index (κ2) is 12.6. The average molecular weight is 496 g/mol. The summed E-state index contributed by atoms with van der Waals surface area (Å²) in [4.78, 5) is 6.85.